The third kappa shape index (κ3) is 3.98. The van der Waals surface area contributed by atoms with Gasteiger partial charge in [0, 0.05) is 19.1 Å². The molecule has 94 valence electrons. The molecule has 0 spiro atoms. The summed E-state index contributed by atoms with van der Waals surface area (Å²) in [7, 11) is 0. The first-order chi connectivity index (χ1) is 8.24. The molecule has 17 heavy (non-hydrogen) atoms. The van der Waals surface area contributed by atoms with Crippen molar-refractivity contribution in [1.29, 1.82) is 0 Å². The third-order valence-electron chi connectivity index (χ3n) is 3.03. The molecule has 1 aliphatic heterocycles. The van der Waals surface area contributed by atoms with Crippen LogP contribution in [0.25, 0.3) is 0 Å². The van der Waals surface area contributed by atoms with Crippen LogP contribution in [0.4, 0.5) is 4.39 Å². The normalized spacial score (nSPS) is 21.4. The maximum absolute atomic E-state index is 12.7. The molecule has 0 bridgehead atoms. The number of ether oxygens (including phenoxy) is 1. The van der Waals surface area contributed by atoms with Gasteiger partial charge in [-0.1, -0.05) is 0 Å². The predicted molar refractivity (Wildman–Crippen MR) is 65.5 cm³/mol. The van der Waals surface area contributed by atoms with E-state index in [1.54, 1.807) is 12.1 Å². The smallest absolute Gasteiger partial charge is 0.123 e. The summed E-state index contributed by atoms with van der Waals surface area (Å²) in [5.74, 6) is 0.479. The second kappa shape index (κ2) is 5.98. The minimum atomic E-state index is -0.237. The molecule has 1 fully saturated rings. The Kier molecular flexibility index (Phi) is 4.34. The minimum Gasteiger partial charge on any atom is -0.492 e. The van der Waals surface area contributed by atoms with E-state index in [0.29, 0.717) is 18.4 Å². The number of rotatable bonds is 4. The second-order valence-electron chi connectivity index (χ2n) is 4.51. The van der Waals surface area contributed by atoms with Crippen molar-refractivity contribution in [3.63, 3.8) is 0 Å². The number of hydrogen-bond acceptors (Lipinski definition) is 3. The van der Waals surface area contributed by atoms with Crippen LogP contribution in [0.3, 0.4) is 0 Å². The lowest BCUT2D eigenvalue weighted by Gasteiger charge is -2.30. The van der Waals surface area contributed by atoms with Gasteiger partial charge in [-0.05, 0) is 43.7 Å². The summed E-state index contributed by atoms with van der Waals surface area (Å²) in [5.41, 5.74) is 5.90. The van der Waals surface area contributed by atoms with Crippen molar-refractivity contribution in [3.8, 4) is 5.75 Å². The maximum atomic E-state index is 12.7. The van der Waals surface area contributed by atoms with E-state index in [-0.39, 0.29) is 5.82 Å². The first-order valence-electron chi connectivity index (χ1n) is 6.10. The van der Waals surface area contributed by atoms with Crippen molar-refractivity contribution in [2.75, 3.05) is 26.2 Å². The molecule has 1 heterocycles. The van der Waals surface area contributed by atoms with Crippen molar-refractivity contribution in [2.24, 2.45) is 5.73 Å². The van der Waals surface area contributed by atoms with E-state index < -0.39 is 0 Å². The number of hydrogen-bond donors (Lipinski definition) is 1. The fourth-order valence-corrected chi connectivity index (χ4v) is 2.12. The van der Waals surface area contributed by atoms with E-state index in [1.807, 2.05) is 0 Å². The molecule has 4 heteroatoms. The van der Waals surface area contributed by atoms with Crippen molar-refractivity contribution < 1.29 is 9.13 Å². The van der Waals surface area contributed by atoms with Gasteiger partial charge < -0.3 is 10.5 Å². The summed E-state index contributed by atoms with van der Waals surface area (Å²) < 4.78 is 18.2. The molecule has 3 nitrogen and oxygen atoms in total. The van der Waals surface area contributed by atoms with E-state index in [0.717, 1.165) is 32.5 Å². The number of nitrogens with two attached hydrogens (primary N) is 1. The third-order valence-corrected chi connectivity index (χ3v) is 3.03. The molecule has 1 aromatic carbocycles. The Morgan fingerprint density at radius 1 is 1.35 bits per heavy atom. The van der Waals surface area contributed by atoms with Crippen LogP contribution in [-0.2, 0) is 0 Å². The van der Waals surface area contributed by atoms with Crippen LogP contribution in [0.5, 0.6) is 5.75 Å². The van der Waals surface area contributed by atoms with Crippen molar-refractivity contribution in [1.82, 2.24) is 4.90 Å². The zero-order chi connectivity index (χ0) is 12.1. The summed E-state index contributed by atoms with van der Waals surface area (Å²) in [4.78, 5) is 2.32. The van der Waals surface area contributed by atoms with Gasteiger partial charge in [0.15, 0.2) is 0 Å². The van der Waals surface area contributed by atoms with E-state index in [2.05, 4.69) is 4.90 Å². The molecular weight excluding hydrogens is 219 g/mol. The van der Waals surface area contributed by atoms with Gasteiger partial charge in [0.25, 0.3) is 0 Å². The van der Waals surface area contributed by atoms with Crippen LogP contribution in [0.2, 0.25) is 0 Å². The van der Waals surface area contributed by atoms with Gasteiger partial charge in [-0.25, -0.2) is 4.39 Å². The zero-order valence-electron chi connectivity index (χ0n) is 9.94. The first-order valence-corrected chi connectivity index (χ1v) is 6.10. The van der Waals surface area contributed by atoms with E-state index in [1.165, 1.54) is 12.1 Å². The van der Waals surface area contributed by atoms with Crippen LogP contribution in [0, 0.1) is 5.82 Å². The molecule has 0 amide bonds. The summed E-state index contributed by atoms with van der Waals surface area (Å²) >= 11 is 0. The Bertz CT molecular complexity index is 342. The molecule has 2 N–H and O–H groups in total. The molecule has 1 atom stereocenters. The number of halogens is 1. The van der Waals surface area contributed by atoms with Crippen molar-refractivity contribution in [2.45, 2.75) is 18.9 Å². The standard InChI is InChI=1S/C13H19FN2O/c14-11-3-5-13(6-4-11)17-9-8-16-7-1-2-12(15)10-16/h3-6,12H,1-2,7-10,15H2. The van der Waals surface area contributed by atoms with Crippen LogP contribution < -0.4 is 10.5 Å². The summed E-state index contributed by atoms with van der Waals surface area (Å²) in [6.45, 7) is 3.55. The van der Waals surface area contributed by atoms with Gasteiger partial charge in [-0.3, -0.25) is 4.90 Å². The first kappa shape index (κ1) is 12.3. The molecular formula is C13H19FN2O. The largest absolute Gasteiger partial charge is 0.492 e. The summed E-state index contributed by atoms with van der Waals surface area (Å²) in [6, 6.07) is 6.42. The molecule has 1 aliphatic rings. The Balaban J connectivity index is 1.70. The number of piperidine rings is 1. The highest BCUT2D eigenvalue weighted by Crippen LogP contribution is 2.12. The topological polar surface area (TPSA) is 38.5 Å². The van der Waals surface area contributed by atoms with Crippen molar-refractivity contribution >= 4 is 0 Å². The Morgan fingerprint density at radius 2 is 2.12 bits per heavy atom. The fraction of sp³-hybridized carbons (Fsp3) is 0.538. The van der Waals surface area contributed by atoms with Crippen LogP contribution >= 0.6 is 0 Å². The minimum absolute atomic E-state index is 0.237. The van der Waals surface area contributed by atoms with Gasteiger partial charge in [-0.15, -0.1) is 0 Å². The fourth-order valence-electron chi connectivity index (χ4n) is 2.12. The lowest BCUT2D eigenvalue weighted by Crippen LogP contribution is -2.44. The van der Waals surface area contributed by atoms with Gasteiger partial charge in [-0.2, -0.15) is 0 Å². The monoisotopic (exact) mass is 238 g/mol. The highest BCUT2D eigenvalue weighted by Gasteiger charge is 2.15. The highest BCUT2D eigenvalue weighted by molar-refractivity contribution is 5.21. The molecule has 1 aromatic rings. The molecule has 0 radical (unpaired) electrons. The summed E-state index contributed by atoms with van der Waals surface area (Å²) in [6.07, 6.45) is 2.28. The molecule has 2 rings (SSSR count). The average Bonchev–Trinajstić information content (AvgIpc) is 2.32. The van der Waals surface area contributed by atoms with E-state index in [9.17, 15) is 4.39 Å². The maximum Gasteiger partial charge on any atom is 0.123 e. The van der Waals surface area contributed by atoms with Crippen molar-refractivity contribution in [3.05, 3.63) is 30.1 Å². The van der Waals surface area contributed by atoms with Crippen LogP contribution in [0.15, 0.2) is 24.3 Å². The molecule has 1 saturated heterocycles. The Labute approximate surface area is 101 Å². The predicted octanol–water partition coefficient (Wildman–Crippen LogP) is 1.63. The molecule has 0 saturated carbocycles. The average molecular weight is 238 g/mol. The SMILES string of the molecule is NC1CCCN(CCOc2ccc(F)cc2)C1. The number of likely N-dealkylation sites (tertiary alicyclic amines) is 1. The highest BCUT2D eigenvalue weighted by atomic mass is 19.1. The van der Waals surface area contributed by atoms with Crippen LogP contribution in [0.1, 0.15) is 12.8 Å². The Hall–Kier alpha value is -1.13. The van der Waals surface area contributed by atoms with Gasteiger partial charge in [0.05, 0.1) is 0 Å². The van der Waals surface area contributed by atoms with Crippen LogP contribution in [-0.4, -0.2) is 37.2 Å². The zero-order valence-corrected chi connectivity index (χ0v) is 9.94. The summed E-state index contributed by atoms with van der Waals surface area (Å²) in [5, 5.41) is 0. The molecule has 0 aromatic heterocycles. The van der Waals surface area contributed by atoms with Gasteiger partial charge in [0.1, 0.15) is 18.2 Å². The van der Waals surface area contributed by atoms with Gasteiger partial charge >= 0.3 is 0 Å². The van der Waals surface area contributed by atoms with Gasteiger partial charge in [0.2, 0.25) is 0 Å². The van der Waals surface area contributed by atoms with E-state index >= 15 is 0 Å². The van der Waals surface area contributed by atoms with E-state index in [4.69, 9.17) is 10.5 Å². The number of benzene rings is 1. The molecule has 0 aliphatic carbocycles. The quantitative estimate of drug-likeness (QED) is 0.866. The lowest BCUT2D eigenvalue weighted by molar-refractivity contribution is 0.171. The second-order valence-corrected chi connectivity index (χ2v) is 4.51. The molecule has 1 unspecified atom stereocenters. The Morgan fingerprint density at radius 3 is 2.82 bits per heavy atom. The number of nitrogens with zero attached hydrogens (tertiary/aromatic N) is 1. The lowest BCUT2D eigenvalue weighted by atomic mass is 10.1.